The van der Waals surface area contributed by atoms with Crippen LogP contribution in [0.1, 0.15) is 27.2 Å². The van der Waals surface area contributed by atoms with E-state index in [1.807, 2.05) is 19.1 Å². The summed E-state index contributed by atoms with van der Waals surface area (Å²) in [5.74, 6) is -0.812. The Morgan fingerprint density at radius 3 is 2.42 bits per heavy atom. The molecular formula is C10H16O2. The number of aliphatic carboxylic acids is 1. The fraction of sp³-hybridized carbons (Fsp3) is 0.500. The van der Waals surface area contributed by atoms with Gasteiger partial charge in [0.05, 0.1) is 5.41 Å². The van der Waals surface area contributed by atoms with Crippen molar-refractivity contribution in [3.05, 3.63) is 24.3 Å². The molecule has 0 bridgehead atoms. The van der Waals surface area contributed by atoms with Crippen LogP contribution in [-0.2, 0) is 4.79 Å². The van der Waals surface area contributed by atoms with Gasteiger partial charge in [0.1, 0.15) is 0 Å². The molecule has 2 nitrogen and oxygen atoms in total. The van der Waals surface area contributed by atoms with Crippen LogP contribution < -0.4 is 0 Å². The SMILES string of the molecule is C=C(C)C(C)(CC=CC)C(=O)O. The molecule has 68 valence electrons. The molecule has 1 N–H and O–H groups in total. The van der Waals surface area contributed by atoms with Crippen molar-refractivity contribution in [2.24, 2.45) is 5.41 Å². The Bertz CT molecular complexity index is 200. The third-order valence-corrected chi connectivity index (χ3v) is 2.18. The van der Waals surface area contributed by atoms with Gasteiger partial charge >= 0.3 is 5.97 Å². The maximum Gasteiger partial charge on any atom is 0.313 e. The van der Waals surface area contributed by atoms with Gasteiger partial charge in [-0.25, -0.2) is 0 Å². The normalized spacial score (nSPS) is 15.9. The van der Waals surface area contributed by atoms with E-state index in [2.05, 4.69) is 6.58 Å². The van der Waals surface area contributed by atoms with E-state index < -0.39 is 11.4 Å². The summed E-state index contributed by atoms with van der Waals surface area (Å²) in [5.41, 5.74) is -0.125. The Balaban J connectivity index is 4.62. The fourth-order valence-corrected chi connectivity index (χ4v) is 0.798. The lowest BCUT2D eigenvalue weighted by Crippen LogP contribution is -2.27. The van der Waals surface area contributed by atoms with Crippen LogP contribution in [0.2, 0.25) is 0 Å². The highest BCUT2D eigenvalue weighted by molar-refractivity contribution is 5.78. The zero-order valence-electron chi connectivity index (χ0n) is 7.92. The molecule has 0 aliphatic rings. The summed E-state index contributed by atoms with van der Waals surface area (Å²) in [7, 11) is 0. The van der Waals surface area contributed by atoms with Gasteiger partial charge in [0.2, 0.25) is 0 Å². The van der Waals surface area contributed by atoms with Gasteiger partial charge in [-0.2, -0.15) is 0 Å². The third-order valence-electron chi connectivity index (χ3n) is 2.18. The number of hydrogen-bond donors (Lipinski definition) is 1. The van der Waals surface area contributed by atoms with Gasteiger partial charge in [0.15, 0.2) is 0 Å². The minimum Gasteiger partial charge on any atom is -0.481 e. The molecule has 0 aromatic rings. The molecule has 2 heteroatoms. The quantitative estimate of drug-likeness (QED) is 0.655. The summed E-state index contributed by atoms with van der Waals surface area (Å²) in [6.07, 6.45) is 4.21. The van der Waals surface area contributed by atoms with Crippen molar-refractivity contribution in [3.63, 3.8) is 0 Å². The van der Waals surface area contributed by atoms with Gasteiger partial charge in [0.25, 0.3) is 0 Å². The first-order valence-corrected chi connectivity index (χ1v) is 3.95. The van der Waals surface area contributed by atoms with Crippen LogP contribution in [0.4, 0.5) is 0 Å². The first-order chi connectivity index (χ1) is 5.45. The zero-order chi connectivity index (χ0) is 9.78. The minimum absolute atomic E-state index is 0.508. The summed E-state index contributed by atoms with van der Waals surface area (Å²) >= 11 is 0. The molecule has 1 unspecified atom stereocenters. The summed E-state index contributed by atoms with van der Waals surface area (Å²) in [5, 5.41) is 8.93. The summed E-state index contributed by atoms with van der Waals surface area (Å²) in [4.78, 5) is 10.9. The van der Waals surface area contributed by atoms with Crippen molar-refractivity contribution in [1.82, 2.24) is 0 Å². The van der Waals surface area contributed by atoms with Gasteiger partial charge in [-0.1, -0.05) is 24.3 Å². The van der Waals surface area contributed by atoms with Crippen LogP contribution in [-0.4, -0.2) is 11.1 Å². The zero-order valence-corrected chi connectivity index (χ0v) is 7.92. The molecule has 0 radical (unpaired) electrons. The standard InChI is InChI=1S/C10H16O2/c1-5-6-7-10(4,8(2)3)9(11)12/h5-6H,2,7H2,1,3-4H3,(H,11,12). The molecule has 0 amide bonds. The number of carboxylic acid groups (broad SMARTS) is 1. The Kier molecular flexibility index (Phi) is 3.74. The van der Waals surface area contributed by atoms with Crippen LogP contribution in [0.3, 0.4) is 0 Å². The molecule has 0 aromatic heterocycles. The molecule has 0 aliphatic carbocycles. The molecule has 0 aromatic carbocycles. The monoisotopic (exact) mass is 168 g/mol. The Labute approximate surface area is 73.6 Å². The van der Waals surface area contributed by atoms with Gasteiger partial charge in [-0.15, -0.1) is 0 Å². The predicted molar refractivity (Wildman–Crippen MR) is 50.0 cm³/mol. The molecule has 0 rings (SSSR count). The van der Waals surface area contributed by atoms with Gasteiger partial charge in [0, 0.05) is 0 Å². The minimum atomic E-state index is -0.813. The van der Waals surface area contributed by atoms with Crippen molar-refractivity contribution in [3.8, 4) is 0 Å². The van der Waals surface area contributed by atoms with E-state index in [9.17, 15) is 4.79 Å². The van der Waals surface area contributed by atoms with E-state index in [0.29, 0.717) is 12.0 Å². The first-order valence-electron chi connectivity index (χ1n) is 3.95. The maximum atomic E-state index is 10.9. The number of hydrogen-bond acceptors (Lipinski definition) is 1. The number of rotatable bonds is 4. The average molecular weight is 168 g/mol. The highest BCUT2D eigenvalue weighted by Gasteiger charge is 2.32. The van der Waals surface area contributed by atoms with Crippen LogP contribution in [0.25, 0.3) is 0 Å². The average Bonchev–Trinajstić information content (AvgIpc) is 1.99. The Hall–Kier alpha value is -1.05. The second kappa shape index (κ2) is 4.10. The molecule has 0 spiro atoms. The van der Waals surface area contributed by atoms with E-state index in [1.54, 1.807) is 13.8 Å². The molecule has 0 aliphatic heterocycles. The van der Waals surface area contributed by atoms with E-state index in [0.717, 1.165) is 0 Å². The molecule has 0 fully saturated rings. The van der Waals surface area contributed by atoms with Crippen LogP contribution >= 0.6 is 0 Å². The van der Waals surface area contributed by atoms with E-state index in [1.165, 1.54) is 0 Å². The van der Waals surface area contributed by atoms with Crippen LogP contribution in [0.5, 0.6) is 0 Å². The molecular weight excluding hydrogens is 152 g/mol. The second-order valence-electron chi connectivity index (χ2n) is 3.19. The highest BCUT2D eigenvalue weighted by atomic mass is 16.4. The van der Waals surface area contributed by atoms with E-state index in [-0.39, 0.29) is 0 Å². The van der Waals surface area contributed by atoms with E-state index in [4.69, 9.17) is 5.11 Å². The molecule has 0 heterocycles. The van der Waals surface area contributed by atoms with Crippen LogP contribution in [0, 0.1) is 5.41 Å². The van der Waals surface area contributed by atoms with Crippen molar-refractivity contribution < 1.29 is 9.90 Å². The number of carbonyl (C=O) groups is 1. The van der Waals surface area contributed by atoms with Gasteiger partial charge < -0.3 is 5.11 Å². The molecule has 1 atom stereocenters. The molecule has 0 saturated carbocycles. The Morgan fingerprint density at radius 1 is 1.67 bits per heavy atom. The lowest BCUT2D eigenvalue weighted by atomic mass is 9.80. The van der Waals surface area contributed by atoms with Crippen molar-refractivity contribution in [2.45, 2.75) is 27.2 Å². The smallest absolute Gasteiger partial charge is 0.313 e. The first kappa shape index (κ1) is 11.0. The number of carboxylic acids is 1. The molecule has 12 heavy (non-hydrogen) atoms. The van der Waals surface area contributed by atoms with Gasteiger partial charge in [-0.3, -0.25) is 4.79 Å². The lowest BCUT2D eigenvalue weighted by molar-refractivity contribution is -0.145. The number of allylic oxidation sites excluding steroid dienone is 2. The molecule has 0 saturated heterocycles. The second-order valence-corrected chi connectivity index (χ2v) is 3.19. The van der Waals surface area contributed by atoms with Gasteiger partial charge in [-0.05, 0) is 27.2 Å². The largest absolute Gasteiger partial charge is 0.481 e. The van der Waals surface area contributed by atoms with Crippen LogP contribution in [0.15, 0.2) is 24.3 Å². The third kappa shape index (κ3) is 2.22. The summed E-state index contributed by atoms with van der Waals surface area (Å²) in [6.45, 7) is 9.00. The predicted octanol–water partition coefficient (Wildman–Crippen LogP) is 2.62. The van der Waals surface area contributed by atoms with Crippen molar-refractivity contribution in [1.29, 1.82) is 0 Å². The lowest BCUT2D eigenvalue weighted by Gasteiger charge is -2.23. The summed E-state index contributed by atoms with van der Waals surface area (Å²) < 4.78 is 0. The Morgan fingerprint density at radius 2 is 2.17 bits per heavy atom. The highest BCUT2D eigenvalue weighted by Crippen LogP contribution is 2.30. The maximum absolute atomic E-state index is 10.9. The fourth-order valence-electron chi connectivity index (χ4n) is 0.798. The van der Waals surface area contributed by atoms with Crippen molar-refractivity contribution in [2.75, 3.05) is 0 Å². The van der Waals surface area contributed by atoms with Crippen molar-refractivity contribution >= 4 is 5.97 Å². The topological polar surface area (TPSA) is 37.3 Å². The van der Waals surface area contributed by atoms with E-state index >= 15 is 0 Å². The summed E-state index contributed by atoms with van der Waals surface area (Å²) in [6, 6.07) is 0.